The molecule has 1 rings (SSSR count). The number of amides is 2. The van der Waals surface area contributed by atoms with Gasteiger partial charge in [0.05, 0.1) is 0 Å². The second kappa shape index (κ2) is 6.24. The van der Waals surface area contributed by atoms with Gasteiger partial charge in [0.15, 0.2) is 5.17 Å². The van der Waals surface area contributed by atoms with Gasteiger partial charge in [-0.25, -0.2) is 0 Å². The summed E-state index contributed by atoms with van der Waals surface area (Å²) in [5, 5.41) is 19.9. The summed E-state index contributed by atoms with van der Waals surface area (Å²) in [6.07, 6.45) is 0.371. The van der Waals surface area contributed by atoms with Crippen LogP contribution in [0, 0.1) is 5.41 Å². The topological polar surface area (TPSA) is 119 Å². The zero-order chi connectivity index (χ0) is 12.8. The molecule has 0 aromatic rings. The van der Waals surface area contributed by atoms with Gasteiger partial charge < -0.3 is 15.7 Å². The number of carbonyl (C=O) groups is 3. The molecular formula is C9H13N3O4S. The normalized spacial score (nSPS) is 18.9. The molecule has 1 fully saturated rings. The summed E-state index contributed by atoms with van der Waals surface area (Å²) in [5.74, 6) is -1.54. The number of amidine groups is 1. The maximum absolute atomic E-state index is 11.4. The van der Waals surface area contributed by atoms with Crippen molar-refractivity contribution >= 4 is 34.7 Å². The van der Waals surface area contributed by atoms with Crippen LogP contribution in [-0.4, -0.2) is 39.9 Å². The molecule has 1 unspecified atom stereocenters. The van der Waals surface area contributed by atoms with Crippen molar-refractivity contribution in [1.82, 2.24) is 10.6 Å². The van der Waals surface area contributed by atoms with E-state index in [2.05, 4.69) is 10.6 Å². The van der Waals surface area contributed by atoms with Gasteiger partial charge >= 0.3 is 5.97 Å². The van der Waals surface area contributed by atoms with Crippen LogP contribution in [0.2, 0.25) is 0 Å². The first-order chi connectivity index (χ1) is 7.99. The summed E-state index contributed by atoms with van der Waals surface area (Å²) in [6, 6.07) is 0. The Balaban J connectivity index is 2.19. The van der Waals surface area contributed by atoms with E-state index in [0.29, 0.717) is 6.42 Å². The van der Waals surface area contributed by atoms with E-state index in [4.69, 9.17) is 10.5 Å². The van der Waals surface area contributed by atoms with Gasteiger partial charge in [0.2, 0.25) is 11.8 Å². The molecular weight excluding hydrogens is 246 g/mol. The molecule has 7 nitrogen and oxygen atoms in total. The van der Waals surface area contributed by atoms with Gasteiger partial charge in [-0.15, -0.1) is 0 Å². The third kappa shape index (κ3) is 4.85. The Morgan fingerprint density at radius 1 is 1.53 bits per heavy atom. The second-order valence-corrected chi connectivity index (χ2v) is 4.69. The number of hydrogen-bond donors (Lipinski definition) is 4. The highest BCUT2D eigenvalue weighted by Crippen LogP contribution is 2.20. The fourth-order valence-corrected chi connectivity index (χ4v) is 2.10. The molecule has 0 spiro atoms. The lowest BCUT2D eigenvalue weighted by Crippen LogP contribution is -2.31. The number of thioether (sulfide) groups is 1. The standard InChI is InChI=1S/C9H13N3O4S/c10-9-12-8(16)5(17-9)4-6(13)11-3-1-2-7(14)15/h5H,1-4H2,(H,11,13)(H,14,15)(H2,10,12,16). The SMILES string of the molecule is N=C1NC(=O)C(CC(=O)NCCCC(=O)O)S1. The molecule has 0 saturated carbocycles. The molecule has 1 atom stereocenters. The van der Waals surface area contributed by atoms with E-state index in [1.807, 2.05) is 0 Å². The Morgan fingerprint density at radius 3 is 2.76 bits per heavy atom. The van der Waals surface area contributed by atoms with Crippen LogP contribution in [0.3, 0.4) is 0 Å². The molecule has 8 heteroatoms. The molecule has 0 aromatic carbocycles. The monoisotopic (exact) mass is 259 g/mol. The maximum atomic E-state index is 11.4. The van der Waals surface area contributed by atoms with Crippen molar-refractivity contribution in [3.05, 3.63) is 0 Å². The Morgan fingerprint density at radius 2 is 2.24 bits per heavy atom. The third-order valence-corrected chi connectivity index (χ3v) is 3.05. The highest BCUT2D eigenvalue weighted by molar-refractivity contribution is 8.15. The van der Waals surface area contributed by atoms with Gasteiger partial charge in [0.25, 0.3) is 0 Å². The molecule has 1 aliphatic heterocycles. The molecule has 1 heterocycles. The van der Waals surface area contributed by atoms with Crippen LogP contribution in [-0.2, 0) is 14.4 Å². The number of carboxylic acid groups (broad SMARTS) is 1. The van der Waals surface area contributed by atoms with Crippen molar-refractivity contribution in [1.29, 1.82) is 5.41 Å². The lowest BCUT2D eigenvalue weighted by molar-refractivity contribution is -0.137. The number of rotatable bonds is 6. The van der Waals surface area contributed by atoms with E-state index in [0.717, 1.165) is 11.8 Å². The molecule has 1 saturated heterocycles. The molecule has 0 radical (unpaired) electrons. The Labute approximate surface area is 102 Å². The van der Waals surface area contributed by atoms with Crippen LogP contribution in [0.4, 0.5) is 0 Å². The van der Waals surface area contributed by atoms with Crippen molar-refractivity contribution < 1.29 is 19.5 Å². The van der Waals surface area contributed by atoms with Gasteiger partial charge in [0, 0.05) is 19.4 Å². The number of carboxylic acids is 1. The molecule has 1 aliphatic rings. The van der Waals surface area contributed by atoms with Crippen LogP contribution in [0.1, 0.15) is 19.3 Å². The van der Waals surface area contributed by atoms with E-state index in [9.17, 15) is 14.4 Å². The minimum atomic E-state index is -0.904. The van der Waals surface area contributed by atoms with Crippen molar-refractivity contribution in [2.75, 3.05) is 6.54 Å². The second-order valence-electron chi connectivity index (χ2n) is 3.48. The maximum Gasteiger partial charge on any atom is 0.303 e. The number of nitrogens with one attached hydrogen (secondary N) is 3. The predicted octanol–water partition coefficient (Wildman–Crippen LogP) is -0.476. The summed E-state index contributed by atoms with van der Waals surface area (Å²) in [4.78, 5) is 32.8. The van der Waals surface area contributed by atoms with Crippen molar-refractivity contribution in [3.8, 4) is 0 Å². The van der Waals surface area contributed by atoms with Crippen LogP contribution in [0.5, 0.6) is 0 Å². The molecule has 94 valence electrons. The smallest absolute Gasteiger partial charge is 0.303 e. The highest BCUT2D eigenvalue weighted by atomic mass is 32.2. The summed E-state index contributed by atoms with van der Waals surface area (Å²) < 4.78 is 0. The zero-order valence-electron chi connectivity index (χ0n) is 8.99. The molecule has 17 heavy (non-hydrogen) atoms. The summed E-state index contributed by atoms with van der Waals surface area (Å²) >= 11 is 1.01. The summed E-state index contributed by atoms with van der Waals surface area (Å²) in [7, 11) is 0. The number of carbonyl (C=O) groups excluding carboxylic acids is 2. The van der Waals surface area contributed by atoms with Crippen LogP contribution in [0.25, 0.3) is 0 Å². The largest absolute Gasteiger partial charge is 0.481 e. The highest BCUT2D eigenvalue weighted by Gasteiger charge is 2.30. The van der Waals surface area contributed by atoms with Gasteiger partial charge in [-0.05, 0) is 6.42 Å². The van der Waals surface area contributed by atoms with Gasteiger partial charge in [-0.2, -0.15) is 0 Å². The average Bonchev–Trinajstić information content (AvgIpc) is 2.52. The first kappa shape index (κ1) is 13.5. The zero-order valence-corrected chi connectivity index (χ0v) is 9.80. The van der Waals surface area contributed by atoms with E-state index in [1.165, 1.54) is 0 Å². The first-order valence-electron chi connectivity index (χ1n) is 5.03. The van der Waals surface area contributed by atoms with E-state index in [1.54, 1.807) is 0 Å². The molecule has 0 aliphatic carbocycles. The molecule has 4 N–H and O–H groups in total. The molecule has 0 aromatic heterocycles. The Bertz CT molecular complexity index is 358. The van der Waals surface area contributed by atoms with E-state index < -0.39 is 11.2 Å². The lowest BCUT2D eigenvalue weighted by Gasteiger charge is -2.06. The predicted molar refractivity (Wildman–Crippen MR) is 61.7 cm³/mol. The van der Waals surface area contributed by atoms with Crippen LogP contribution in [0.15, 0.2) is 0 Å². The molecule has 0 bridgehead atoms. The minimum absolute atomic E-state index is 0.00356. The number of hydrogen-bond acceptors (Lipinski definition) is 5. The lowest BCUT2D eigenvalue weighted by atomic mass is 10.2. The van der Waals surface area contributed by atoms with Gasteiger partial charge in [0.1, 0.15) is 5.25 Å². The van der Waals surface area contributed by atoms with Crippen molar-refractivity contribution in [2.24, 2.45) is 0 Å². The Kier molecular flexibility index (Phi) is 4.95. The fourth-order valence-electron chi connectivity index (χ4n) is 1.26. The van der Waals surface area contributed by atoms with Gasteiger partial charge in [-0.1, -0.05) is 11.8 Å². The van der Waals surface area contributed by atoms with Crippen molar-refractivity contribution in [2.45, 2.75) is 24.5 Å². The van der Waals surface area contributed by atoms with Crippen molar-refractivity contribution in [3.63, 3.8) is 0 Å². The van der Waals surface area contributed by atoms with Crippen LogP contribution < -0.4 is 10.6 Å². The van der Waals surface area contributed by atoms with Crippen LogP contribution >= 0.6 is 11.8 Å². The van der Waals surface area contributed by atoms with E-state index >= 15 is 0 Å². The summed E-state index contributed by atoms with van der Waals surface area (Å²) in [5.41, 5.74) is 0. The Hall–Kier alpha value is -1.57. The minimum Gasteiger partial charge on any atom is -0.481 e. The quantitative estimate of drug-likeness (QED) is 0.480. The van der Waals surface area contributed by atoms with E-state index in [-0.39, 0.29) is 36.4 Å². The summed E-state index contributed by atoms with van der Waals surface area (Å²) in [6.45, 7) is 0.279. The fraction of sp³-hybridized carbons (Fsp3) is 0.556. The molecule has 2 amide bonds. The first-order valence-corrected chi connectivity index (χ1v) is 5.91. The third-order valence-electron chi connectivity index (χ3n) is 2.05. The average molecular weight is 259 g/mol. The van der Waals surface area contributed by atoms with Gasteiger partial charge in [-0.3, -0.25) is 19.8 Å². The number of aliphatic carboxylic acids is 1.